The Kier molecular flexibility index (Phi) is 6.57. The van der Waals surface area contributed by atoms with E-state index in [0.717, 1.165) is 45.4 Å². The van der Waals surface area contributed by atoms with Gasteiger partial charge in [0.1, 0.15) is 0 Å². The van der Waals surface area contributed by atoms with Gasteiger partial charge in [0.05, 0.1) is 12.7 Å². The molecule has 112 valence electrons. The Morgan fingerprint density at radius 3 is 2.79 bits per heavy atom. The van der Waals surface area contributed by atoms with Gasteiger partial charge in [0, 0.05) is 38.9 Å². The summed E-state index contributed by atoms with van der Waals surface area (Å²) in [5, 5.41) is 3.55. The maximum atomic E-state index is 5.62. The van der Waals surface area contributed by atoms with Gasteiger partial charge in [0.2, 0.25) is 0 Å². The van der Waals surface area contributed by atoms with E-state index < -0.39 is 0 Å². The smallest absolute Gasteiger partial charge is 0.0700 e. The second kappa shape index (κ2) is 8.20. The first-order valence-electron chi connectivity index (χ1n) is 7.86. The van der Waals surface area contributed by atoms with Gasteiger partial charge in [-0.15, -0.1) is 0 Å². The first-order chi connectivity index (χ1) is 9.25. The molecule has 2 aliphatic heterocycles. The molecule has 2 aliphatic rings. The van der Waals surface area contributed by atoms with Crippen LogP contribution in [-0.4, -0.2) is 63.5 Å². The third-order valence-electron chi connectivity index (χ3n) is 4.39. The summed E-state index contributed by atoms with van der Waals surface area (Å²) < 4.78 is 11.2. The zero-order chi connectivity index (χ0) is 13.5. The highest BCUT2D eigenvalue weighted by molar-refractivity contribution is 4.74. The molecular weight excluding hydrogens is 240 g/mol. The molecule has 0 amide bonds. The molecule has 0 aromatic heterocycles. The summed E-state index contributed by atoms with van der Waals surface area (Å²) in [7, 11) is 2.23. The van der Waals surface area contributed by atoms with E-state index in [-0.39, 0.29) is 0 Å². The predicted molar refractivity (Wildman–Crippen MR) is 77.5 cm³/mol. The average molecular weight is 270 g/mol. The second-order valence-electron chi connectivity index (χ2n) is 6.17. The minimum absolute atomic E-state index is 0.448. The maximum absolute atomic E-state index is 5.62. The van der Waals surface area contributed by atoms with Crippen molar-refractivity contribution in [2.45, 2.75) is 44.8 Å². The topological polar surface area (TPSA) is 33.7 Å². The fraction of sp³-hybridized carbons (Fsp3) is 1.00. The number of ether oxygens (including phenoxy) is 2. The number of hydrogen-bond acceptors (Lipinski definition) is 4. The molecule has 0 radical (unpaired) electrons. The van der Waals surface area contributed by atoms with Gasteiger partial charge in [-0.1, -0.05) is 0 Å². The molecule has 2 saturated heterocycles. The van der Waals surface area contributed by atoms with Crippen molar-refractivity contribution < 1.29 is 9.47 Å². The maximum Gasteiger partial charge on any atom is 0.0700 e. The summed E-state index contributed by atoms with van der Waals surface area (Å²) in [6.07, 6.45) is 5.44. The zero-order valence-electron chi connectivity index (χ0n) is 12.6. The van der Waals surface area contributed by atoms with Crippen molar-refractivity contribution in [3.63, 3.8) is 0 Å². The van der Waals surface area contributed by atoms with Crippen LogP contribution in [0.1, 0.15) is 32.6 Å². The summed E-state index contributed by atoms with van der Waals surface area (Å²) in [6, 6.07) is 0.573. The Labute approximate surface area is 117 Å². The van der Waals surface area contributed by atoms with Crippen molar-refractivity contribution in [2.75, 3.05) is 46.5 Å². The minimum atomic E-state index is 0.448. The lowest BCUT2D eigenvalue weighted by Gasteiger charge is -2.31. The SMILES string of the molecule is CC(CNCC1CCCO1)N(C)CC1CCCOC1. The van der Waals surface area contributed by atoms with Crippen LogP contribution >= 0.6 is 0 Å². The quantitative estimate of drug-likeness (QED) is 0.760. The number of nitrogens with zero attached hydrogens (tertiary/aromatic N) is 1. The molecule has 1 N–H and O–H groups in total. The van der Waals surface area contributed by atoms with Crippen LogP contribution in [0.2, 0.25) is 0 Å². The summed E-state index contributed by atoms with van der Waals surface area (Å²) >= 11 is 0. The van der Waals surface area contributed by atoms with E-state index in [0.29, 0.717) is 12.1 Å². The van der Waals surface area contributed by atoms with E-state index >= 15 is 0 Å². The molecule has 19 heavy (non-hydrogen) atoms. The van der Waals surface area contributed by atoms with Crippen LogP contribution < -0.4 is 5.32 Å². The fourth-order valence-corrected chi connectivity index (χ4v) is 2.95. The van der Waals surface area contributed by atoms with Crippen molar-refractivity contribution in [3.05, 3.63) is 0 Å². The van der Waals surface area contributed by atoms with Crippen LogP contribution in [0.3, 0.4) is 0 Å². The van der Waals surface area contributed by atoms with Gasteiger partial charge < -0.3 is 19.7 Å². The number of rotatable bonds is 7. The van der Waals surface area contributed by atoms with Crippen LogP contribution in [0.4, 0.5) is 0 Å². The highest BCUT2D eigenvalue weighted by atomic mass is 16.5. The van der Waals surface area contributed by atoms with E-state index in [4.69, 9.17) is 9.47 Å². The van der Waals surface area contributed by atoms with Crippen LogP contribution in [0.5, 0.6) is 0 Å². The van der Waals surface area contributed by atoms with E-state index in [1.807, 2.05) is 0 Å². The van der Waals surface area contributed by atoms with E-state index in [1.165, 1.54) is 25.7 Å². The van der Waals surface area contributed by atoms with Crippen LogP contribution in [0, 0.1) is 5.92 Å². The van der Waals surface area contributed by atoms with Crippen molar-refractivity contribution >= 4 is 0 Å². The van der Waals surface area contributed by atoms with Crippen LogP contribution in [-0.2, 0) is 9.47 Å². The summed E-state index contributed by atoms with van der Waals surface area (Å²) in [5.74, 6) is 0.722. The standard InChI is InChI=1S/C15H30N2O2/c1-13(9-16-10-15-6-4-8-19-15)17(2)11-14-5-3-7-18-12-14/h13-16H,3-12H2,1-2H3. The van der Waals surface area contributed by atoms with Gasteiger partial charge in [0.25, 0.3) is 0 Å². The van der Waals surface area contributed by atoms with Gasteiger partial charge in [-0.25, -0.2) is 0 Å². The highest BCUT2D eigenvalue weighted by Gasteiger charge is 2.19. The zero-order valence-corrected chi connectivity index (χ0v) is 12.6. The Morgan fingerprint density at radius 2 is 2.11 bits per heavy atom. The molecule has 0 spiro atoms. The lowest BCUT2D eigenvalue weighted by Crippen LogP contribution is -2.43. The van der Waals surface area contributed by atoms with Crippen LogP contribution in [0.15, 0.2) is 0 Å². The largest absolute Gasteiger partial charge is 0.381 e. The molecule has 2 rings (SSSR count). The van der Waals surface area contributed by atoms with Gasteiger partial charge in [-0.2, -0.15) is 0 Å². The molecule has 4 heteroatoms. The van der Waals surface area contributed by atoms with Gasteiger partial charge in [-0.3, -0.25) is 0 Å². The van der Waals surface area contributed by atoms with Crippen LogP contribution in [0.25, 0.3) is 0 Å². The fourth-order valence-electron chi connectivity index (χ4n) is 2.95. The molecule has 4 nitrogen and oxygen atoms in total. The van der Waals surface area contributed by atoms with Crippen molar-refractivity contribution in [1.82, 2.24) is 10.2 Å². The van der Waals surface area contributed by atoms with Gasteiger partial charge in [0.15, 0.2) is 0 Å². The molecule has 3 atom stereocenters. The molecule has 0 aromatic carbocycles. The molecule has 0 aromatic rings. The molecule has 0 saturated carbocycles. The molecule has 2 fully saturated rings. The van der Waals surface area contributed by atoms with Crippen molar-refractivity contribution in [1.29, 1.82) is 0 Å². The predicted octanol–water partition coefficient (Wildman–Crippen LogP) is 1.50. The Hall–Kier alpha value is -0.160. The molecule has 0 bridgehead atoms. The van der Waals surface area contributed by atoms with Gasteiger partial charge >= 0.3 is 0 Å². The first kappa shape index (κ1) is 15.2. The average Bonchev–Trinajstić information content (AvgIpc) is 2.93. The molecule has 0 aliphatic carbocycles. The Bertz CT molecular complexity index is 238. The third kappa shape index (κ3) is 5.38. The third-order valence-corrected chi connectivity index (χ3v) is 4.39. The Morgan fingerprint density at radius 1 is 1.26 bits per heavy atom. The van der Waals surface area contributed by atoms with E-state index in [1.54, 1.807) is 0 Å². The summed E-state index contributed by atoms with van der Waals surface area (Å²) in [4.78, 5) is 2.46. The van der Waals surface area contributed by atoms with Gasteiger partial charge in [-0.05, 0) is 45.6 Å². The number of hydrogen-bond donors (Lipinski definition) is 1. The molecule has 3 unspecified atom stereocenters. The van der Waals surface area contributed by atoms with E-state index in [2.05, 4.69) is 24.2 Å². The lowest BCUT2D eigenvalue weighted by molar-refractivity contribution is 0.0369. The Balaban J connectivity index is 1.57. The first-order valence-corrected chi connectivity index (χ1v) is 7.86. The molecular formula is C15H30N2O2. The normalized spacial score (nSPS) is 29.8. The van der Waals surface area contributed by atoms with Crippen molar-refractivity contribution in [3.8, 4) is 0 Å². The van der Waals surface area contributed by atoms with Crippen molar-refractivity contribution in [2.24, 2.45) is 5.92 Å². The van der Waals surface area contributed by atoms with E-state index in [9.17, 15) is 0 Å². The molecule has 2 heterocycles. The highest BCUT2D eigenvalue weighted by Crippen LogP contribution is 2.15. The monoisotopic (exact) mass is 270 g/mol. The number of likely N-dealkylation sites (N-methyl/N-ethyl adjacent to an activating group) is 1. The number of nitrogens with one attached hydrogen (secondary N) is 1. The minimum Gasteiger partial charge on any atom is -0.381 e. The second-order valence-corrected chi connectivity index (χ2v) is 6.17. The summed E-state index contributed by atoms with van der Waals surface area (Å²) in [5.41, 5.74) is 0. The lowest BCUT2D eigenvalue weighted by atomic mass is 10.0. The summed E-state index contributed by atoms with van der Waals surface area (Å²) in [6.45, 7) is 8.35.